The molecular weight excluding hydrogens is 425 g/mol. The number of carbonyl (C=O) groups excluding carboxylic acids is 1. The summed E-state index contributed by atoms with van der Waals surface area (Å²) < 4.78 is 14.7. The smallest absolute Gasteiger partial charge is 0.310 e. The minimum Gasteiger partial charge on any atom is -0.310 e. The lowest BCUT2D eigenvalue weighted by atomic mass is 10.2. The molecule has 3 N–H and O–H groups in total. The molecule has 10 nitrogen and oxygen atoms in total. The fourth-order valence-electron chi connectivity index (χ4n) is 2.80. The van der Waals surface area contributed by atoms with E-state index >= 15 is 0 Å². The highest BCUT2D eigenvalue weighted by atomic mass is 32.1. The number of benzene rings is 2. The number of hydrogen-bond donors (Lipinski definition) is 3. The molecule has 2 aromatic heterocycles. The summed E-state index contributed by atoms with van der Waals surface area (Å²) in [5, 5.41) is 14.9. The predicted molar refractivity (Wildman–Crippen MR) is 114 cm³/mol. The zero-order valence-electron chi connectivity index (χ0n) is 15.9. The average Bonchev–Trinajstić information content (AvgIpc) is 3.16. The van der Waals surface area contributed by atoms with Crippen molar-refractivity contribution >= 4 is 49.9 Å². The summed E-state index contributed by atoms with van der Waals surface area (Å²) in [6, 6.07) is 11.0. The van der Waals surface area contributed by atoms with Crippen LogP contribution in [0.5, 0.6) is 0 Å². The fraction of sp³-hybridized carbons (Fsp3) is 0.0526. The van der Waals surface area contributed by atoms with E-state index in [1.807, 2.05) is 25.1 Å². The van der Waals surface area contributed by atoms with Crippen LogP contribution in [0.2, 0.25) is 0 Å². The van der Waals surface area contributed by atoms with Crippen molar-refractivity contribution in [3.8, 4) is 0 Å². The van der Waals surface area contributed by atoms with Crippen LogP contribution in [0.15, 0.2) is 48.8 Å². The largest absolute Gasteiger partial charge is 0.355 e. The summed E-state index contributed by atoms with van der Waals surface area (Å²) in [7, 11) is 0. The second-order valence-corrected chi connectivity index (χ2v) is 7.33. The molecule has 156 valence electrons. The number of carbonyl (C=O) groups is 1. The van der Waals surface area contributed by atoms with Gasteiger partial charge in [-0.25, -0.2) is 19.3 Å². The van der Waals surface area contributed by atoms with E-state index in [2.05, 4.69) is 31.1 Å². The van der Waals surface area contributed by atoms with Crippen molar-refractivity contribution < 1.29 is 14.1 Å². The van der Waals surface area contributed by atoms with E-state index in [9.17, 15) is 19.3 Å². The fourth-order valence-corrected chi connectivity index (χ4v) is 3.75. The van der Waals surface area contributed by atoms with Crippen LogP contribution in [-0.4, -0.2) is 25.8 Å². The second kappa shape index (κ2) is 8.28. The number of nitrogens with one attached hydrogen (secondary N) is 3. The molecule has 1 amide bonds. The summed E-state index contributed by atoms with van der Waals surface area (Å²) in [5.41, 5.74) is 5.59. The van der Waals surface area contributed by atoms with Gasteiger partial charge in [-0.2, -0.15) is 0 Å². The molecule has 0 aliphatic rings. The molecule has 0 saturated carbocycles. The number of hydrazine groups is 1. The van der Waals surface area contributed by atoms with E-state index in [1.165, 1.54) is 29.5 Å². The lowest BCUT2D eigenvalue weighted by Crippen LogP contribution is -2.31. The van der Waals surface area contributed by atoms with Crippen molar-refractivity contribution in [3.05, 3.63) is 75.9 Å². The van der Waals surface area contributed by atoms with Gasteiger partial charge in [0.1, 0.15) is 12.1 Å². The first kappa shape index (κ1) is 20.1. The number of aromatic nitrogens is 3. The Bertz CT molecular complexity index is 1310. The van der Waals surface area contributed by atoms with Crippen LogP contribution >= 0.6 is 11.3 Å². The van der Waals surface area contributed by atoms with E-state index in [0.717, 1.165) is 28.2 Å². The molecule has 0 saturated heterocycles. The van der Waals surface area contributed by atoms with E-state index < -0.39 is 22.3 Å². The van der Waals surface area contributed by atoms with Gasteiger partial charge in [-0.3, -0.25) is 25.8 Å². The Morgan fingerprint density at radius 2 is 1.90 bits per heavy atom. The van der Waals surface area contributed by atoms with E-state index in [0.29, 0.717) is 5.13 Å². The Morgan fingerprint density at radius 1 is 1.13 bits per heavy atom. The van der Waals surface area contributed by atoms with Gasteiger partial charge >= 0.3 is 5.69 Å². The third-order valence-electron chi connectivity index (χ3n) is 4.26. The number of aryl methyl sites for hydroxylation is 1. The number of hydrogen-bond acceptors (Lipinski definition) is 9. The van der Waals surface area contributed by atoms with Crippen molar-refractivity contribution in [1.82, 2.24) is 20.4 Å². The maximum atomic E-state index is 13.8. The molecule has 4 aromatic rings. The molecule has 2 aromatic carbocycles. The number of thiazole rings is 1. The van der Waals surface area contributed by atoms with E-state index in [1.54, 1.807) is 0 Å². The number of nitro groups is 1. The number of fused-ring (bicyclic) bond motifs is 1. The molecule has 0 spiro atoms. The van der Waals surface area contributed by atoms with Gasteiger partial charge in [0.15, 0.2) is 5.13 Å². The third kappa shape index (κ3) is 4.09. The van der Waals surface area contributed by atoms with Crippen LogP contribution in [0.25, 0.3) is 10.2 Å². The van der Waals surface area contributed by atoms with Crippen LogP contribution in [0.1, 0.15) is 15.9 Å². The summed E-state index contributed by atoms with van der Waals surface area (Å²) in [6.45, 7) is 1.92. The number of para-hydroxylation sites is 1. The minimum absolute atomic E-state index is 0.112. The topological polar surface area (TPSA) is 135 Å². The van der Waals surface area contributed by atoms with Crippen molar-refractivity contribution in [1.29, 1.82) is 0 Å². The van der Waals surface area contributed by atoms with Crippen molar-refractivity contribution in [2.75, 3.05) is 10.7 Å². The number of amides is 1. The molecule has 0 radical (unpaired) electrons. The van der Waals surface area contributed by atoms with Crippen LogP contribution in [0.3, 0.4) is 0 Å². The first-order valence-electron chi connectivity index (χ1n) is 8.87. The summed E-state index contributed by atoms with van der Waals surface area (Å²) >= 11 is 1.31. The zero-order valence-corrected chi connectivity index (χ0v) is 16.7. The van der Waals surface area contributed by atoms with Crippen LogP contribution in [0.4, 0.5) is 26.8 Å². The highest BCUT2D eigenvalue weighted by Gasteiger charge is 2.25. The maximum absolute atomic E-state index is 13.8. The Balaban J connectivity index is 1.60. The maximum Gasteiger partial charge on any atom is 0.355 e. The third-order valence-corrected chi connectivity index (χ3v) is 5.20. The highest BCUT2D eigenvalue weighted by Crippen LogP contribution is 2.34. The molecular formula is C19H14FN7O3S. The lowest BCUT2D eigenvalue weighted by molar-refractivity contribution is -0.383. The predicted octanol–water partition coefficient (Wildman–Crippen LogP) is 3.94. The van der Waals surface area contributed by atoms with Gasteiger partial charge in [0, 0.05) is 0 Å². The molecule has 4 rings (SSSR count). The Morgan fingerprint density at radius 3 is 2.65 bits per heavy atom. The first-order valence-corrected chi connectivity index (χ1v) is 9.69. The highest BCUT2D eigenvalue weighted by molar-refractivity contribution is 7.22. The normalized spacial score (nSPS) is 10.6. The number of halogens is 1. The van der Waals surface area contributed by atoms with Gasteiger partial charge in [0.05, 0.1) is 20.7 Å². The summed E-state index contributed by atoms with van der Waals surface area (Å²) in [6.07, 6.45) is 1.09. The Kier molecular flexibility index (Phi) is 5.37. The van der Waals surface area contributed by atoms with Gasteiger partial charge in [-0.15, -0.1) is 0 Å². The molecule has 31 heavy (non-hydrogen) atoms. The quantitative estimate of drug-likeness (QED) is 0.304. The number of anilines is 3. The van der Waals surface area contributed by atoms with Gasteiger partial charge < -0.3 is 5.32 Å². The van der Waals surface area contributed by atoms with Crippen LogP contribution in [-0.2, 0) is 0 Å². The monoisotopic (exact) mass is 439 g/mol. The molecule has 0 bridgehead atoms. The Hall–Kier alpha value is -4.19. The zero-order chi connectivity index (χ0) is 22.0. The Labute approximate surface area is 178 Å². The SMILES string of the molecule is Cc1cccc2sc(Nc3ncnc(NNC(=O)c4ccccc4F)c3[N+](=O)[O-])nc12. The molecule has 2 heterocycles. The summed E-state index contributed by atoms with van der Waals surface area (Å²) in [5.74, 6) is -1.93. The molecule has 0 aliphatic carbocycles. The molecule has 0 unspecified atom stereocenters. The second-order valence-electron chi connectivity index (χ2n) is 6.30. The van der Waals surface area contributed by atoms with Gasteiger partial charge in [0.25, 0.3) is 5.91 Å². The van der Waals surface area contributed by atoms with Crippen molar-refractivity contribution in [2.45, 2.75) is 6.92 Å². The number of rotatable bonds is 6. The van der Waals surface area contributed by atoms with Crippen LogP contribution < -0.4 is 16.2 Å². The minimum atomic E-state index is -0.817. The molecule has 0 aliphatic heterocycles. The summed E-state index contributed by atoms with van der Waals surface area (Å²) in [4.78, 5) is 35.4. The van der Waals surface area contributed by atoms with Gasteiger partial charge in [-0.05, 0) is 30.7 Å². The van der Waals surface area contributed by atoms with Crippen molar-refractivity contribution in [3.63, 3.8) is 0 Å². The molecule has 0 fully saturated rings. The first-order chi connectivity index (χ1) is 14.9. The molecule has 0 atom stereocenters. The average molecular weight is 439 g/mol. The van der Waals surface area contributed by atoms with E-state index in [4.69, 9.17) is 0 Å². The van der Waals surface area contributed by atoms with Crippen molar-refractivity contribution in [2.24, 2.45) is 0 Å². The standard InChI is InChI=1S/C19H14FN7O3S/c1-10-5-4-8-13-14(10)23-19(31-13)24-16-15(27(29)30)17(22-9-21-16)25-26-18(28)11-6-2-3-7-12(11)20/h2-9H,1H3,(H,26,28)(H2,21,22,23,24,25). The van der Waals surface area contributed by atoms with Crippen LogP contribution in [0, 0.1) is 22.9 Å². The van der Waals surface area contributed by atoms with Gasteiger partial charge in [0.2, 0.25) is 11.6 Å². The molecule has 12 heteroatoms. The number of nitrogens with zero attached hydrogens (tertiary/aromatic N) is 4. The van der Waals surface area contributed by atoms with E-state index in [-0.39, 0.29) is 17.2 Å². The lowest BCUT2D eigenvalue weighted by Gasteiger charge is -2.10. The van der Waals surface area contributed by atoms with Gasteiger partial charge in [-0.1, -0.05) is 35.6 Å².